The van der Waals surface area contributed by atoms with E-state index in [1.54, 1.807) is 12.1 Å². The summed E-state index contributed by atoms with van der Waals surface area (Å²) in [5, 5.41) is 7.13. The van der Waals surface area contributed by atoms with Crippen molar-refractivity contribution in [3.8, 4) is 0 Å². The van der Waals surface area contributed by atoms with Crippen molar-refractivity contribution in [2.75, 3.05) is 0 Å². The summed E-state index contributed by atoms with van der Waals surface area (Å²) in [5.41, 5.74) is 1.67. The van der Waals surface area contributed by atoms with E-state index >= 15 is 0 Å². The number of nitrogens with zero attached hydrogens (tertiary/aromatic N) is 1. The summed E-state index contributed by atoms with van der Waals surface area (Å²) < 4.78 is 18.1. The summed E-state index contributed by atoms with van der Waals surface area (Å²) in [6.45, 7) is 2.98. The van der Waals surface area contributed by atoms with E-state index in [0.717, 1.165) is 17.0 Å². The fourth-order valence-electron chi connectivity index (χ4n) is 1.49. The Morgan fingerprint density at radius 1 is 1.35 bits per heavy atom. The van der Waals surface area contributed by atoms with Gasteiger partial charge < -0.3 is 9.84 Å². The van der Waals surface area contributed by atoms with Crippen molar-refractivity contribution >= 4 is 11.6 Å². The average Bonchev–Trinajstić information content (AvgIpc) is 2.70. The maximum absolute atomic E-state index is 13.1. The van der Waals surface area contributed by atoms with E-state index in [9.17, 15) is 4.39 Å². The van der Waals surface area contributed by atoms with E-state index in [2.05, 4.69) is 10.5 Å². The minimum absolute atomic E-state index is 0.140. The lowest BCUT2D eigenvalue weighted by Gasteiger charge is -2.03. The zero-order valence-corrected chi connectivity index (χ0v) is 10.1. The van der Waals surface area contributed by atoms with Crippen molar-refractivity contribution in [1.29, 1.82) is 0 Å². The fraction of sp³-hybridized carbons (Fsp3) is 0.250. The van der Waals surface area contributed by atoms with Crippen LogP contribution in [0.5, 0.6) is 0 Å². The molecule has 0 bridgehead atoms. The third kappa shape index (κ3) is 3.28. The van der Waals surface area contributed by atoms with Crippen LogP contribution in [0.15, 0.2) is 28.8 Å². The van der Waals surface area contributed by atoms with Gasteiger partial charge in [-0.2, -0.15) is 0 Å². The Morgan fingerprint density at radius 2 is 2.18 bits per heavy atom. The summed E-state index contributed by atoms with van der Waals surface area (Å²) in [6, 6.07) is 6.61. The predicted octanol–water partition coefficient (Wildman–Crippen LogP) is 3.07. The lowest BCUT2D eigenvalue weighted by Crippen LogP contribution is -2.12. The van der Waals surface area contributed by atoms with Crippen molar-refractivity contribution in [3.63, 3.8) is 0 Å². The number of hydrogen-bond donors (Lipinski definition) is 1. The Morgan fingerprint density at radius 3 is 2.82 bits per heavy atom. The van der Waals surface area contributed by atoms with Gasteiger partial charge in [0.05, 0.1) is 10.7 Å². The molecule has 0 aliphatic rings. The molecule has 0 aliphatic heterocycles. The lowest BCUT2D eigenvalue weighted by molar-refractivity contribution is 0.388. The number of rotatable bonds is 4. The molecule has 0 aliphatic carbocycles. The molecule has 1 aromatic heterocycles. The molecular weight excluding hydrogens is 243 g/mol. The molecule has 0 fully saturated rings. The van der Waals surface area contributed by atoms with Gasteiger partial charge >= 0.3 is 0 Å². The predicted molar refractivity (Wildman–Crippen MR) is 63.2 cm³/mol. The molecule has 0 atom stereocenters. The van der Waals surface area contributed by atoms with Crippen LogP contribution >= 0.6 is 11.6 Å². The van der Waals surface area contributed by atoms with Crippen LogP contribution in [0.2, 0.25) is 5.02 Å². The molecule has 1 heterocycles. The van der Waals surface area contributed by atoms with Crippen LogP contribution < -0.4 is 5.32 Å². The van der Waals surface area contributed by atoms with E-state index in [1.807, 2.05) is 13.0 Å². The maximum atomic E-state index is 13.1. The summed E-state index contributed by atoms with van der Waals surface area (Å²) >= 11 is 5.60. The molecule has 2 rings (SSSR count). The number of aryl methyl sites for hydroxylation is 1. The van der Waals surface area contributed by atoms with Gasteiger partial charge in [-0.1, -0.05) is 22.8 Å². The van der Waals surface area contributed by atoms with Crippen LogP contribution in [0, 0.1) is 12.7 Å². The second-order valence-electron chi connectivity index (χ2n) is 3.78. The normalized spacial score (nSPS) is 10.8. The van der Waals surface area contributed by atoms with Gasteiger partial charge in [0.15, 0.2) is 0 Å². The number of hydrogen-bond acceptors (Lipinski definition) is 3. The van der Waals surface area contributed by atoms with Gasteiger partial charge in [0.1, 0.15) is 11.6 Å². The van der Waals surface area contributed by atoms with E-state index in [-0.39, 0.29) is 5.02 Å². The Hall–Kier alpha value is -1.39. The van der Waals surface area contributed by atoms with Gasteiger partial charge in [-0.05, 0) is 24.6 Å². The minimum atomic E-state index is -0.400. The Balaban J connectivity index is 1.87. The number of nitrogens with one attached hydrogen (secondary N) is 1. The topological polar surface area (TPSA) is 38.1 Å². The van der Waals surface area contributed by atoms with Crippen LogP contribution in [-0.2, 0) is 13.1 Å². The first kappa shape index (κ1) is 12.1. The molecule has 0 spiro atoms. The van der Waals surface area contributed by atoms with Gasteiger partial charge in [0, 0.05) is 19.2 Å². The Labute approximate surface area is 104 Å². The molecule has 0 amide bonds. The molecule has 90 valence electrons. The maximum Gasteiger partial charge on any atom is 0.142 e. The van der Waals surface area contributed by atoms with Crippen LogP contribution in [0.25, 0.3) is 0 Å². The molecule has 17 heavy (non-hydrogen) atoms. The van der Waals surface area contributed by atoms with Crippen molar-refractivity contribution in [1.82, 2.24) is 10.5 Å². The number of benzene rings is 1. The zero-order valence-electron chi connectivity index (χ0n) is 9.34. The monoisotopic (exact) mass is 254 g/mol. The summed E-state index contributed by atoms with van der Waals surface area (Å²) in [6.07, 6.45) is 0. The molecule has 0 saturated carbocycles. The molecule has 0 saturated heterocycles. The highest BCUT2D eigenvalue weighted by molar-refractivity contribution is 6.30. The molecule has 3 nitrogen and oxygen atoms in total. The second-order valence-corrected chi connectivity index (χ2v) is 4.19. The van der Waals surface area contributed by atoms with Crippen molar-refractivity contribution in [3.05, 3.63) is 52.1 Å². The van der Waals surface area contributed by atoms with E-state index in [0.29, 0.717) is 13.1 Å². The molecular formula is C12H12ClFN2O. The first-order valence-corrected chi connectivity index (χ1v) is 5.60. The zero-order chi connectivity index (χ0) is 12.3. The summed E-state index contributed by atoms with van der Waals surface area (Å²) in [4.78, 5) is 0. The van der Waals surface area contributed by atoms with E-state index in [4.69, 9.17) is 16.1 Å². The third-order valence-electron chi connectivity index (χ3n) is 2.30. The second kappa shape index (κ2) is 5.29. The Kier molecular flexibility index (Phi) is 3.76. The van der Waals surface area contributed by atoms with Gasteiger partial charge in [-0.25, -0.2) is 4.39 Å². The third-order valence-corrected chi connectivity index (χ3v) is 2.60. The first-order valence-electron chi connectivity index (χ1n) is 5.22. The summed E-state index contributed by atoms with van der Waals surface area (Å²) in [5.74, 6) is 0.377. The fourth-order valence-corrected chi connectivity index (χ4v) is 1.60. The van der Waals surface area contributed by atoms with Gasteiger partial charge in [-0.15, -0.1) is 0 Å². The van der Waals surface area contributed by atoms with Crippen LogP contribution in [-0.4, -0.2) is 5.16 Å². The van der Waals surface area contributed by atoms with Crippen molar-refractivity contribution < 1.29 is 8.91 Å². The average molecular weight is 255 g/mol. The molecule has 0 radical (unpaired) electrons. The molecule has 2 aromatic rings. The van der Waals surface area contributed by atoms with Crippen molar-refractivity contribution in [2.45, 2.75) is 20.0 Å². The number of aromatic nitrogens is 1. The highest BCUT2D eigenvalue weighted by Crippen LogP contribution is 2.15. The van der Waals surface area contributed by atoms with Crippen LogP contribution in [0.4, 0.5) is 4.39 Å². The van der Waals surface area contributed by atoms with Crippen LogP contribution in [0.1, 0.15) is 17.0 Å². The highest BCUT2D eigenvalue weighted by Gasteiger charge is 2.02. The number of halogens is 2. The highest BCUT2D eigenvalue weighted by atomic mass is 35.5. The van der Waals surface area contributed by atoms with Gasteiger partial charge in [-0.3, -0.25) is 0 Å². The largest absolute Gasteiger partial charge is 0.361 e. The molecule has 5 heteroatoms. The van der Waals surface area contributed by atoms with E-state index in [1.165, 1.54) is 6.07 Å². The minimum Gasteiger partial charge on any atom is -0.361 e. The van der Waals surface area contributed by atoms with Gasteiger partial charge in [0.25, 0.3) is 0 Å². The molecule has 1 N–H and O–H groups in total. The lowest BCUT2D eigenvalue weighted by atomic mass is 10.2. The first-order chi connectivity index (χ1) is 8.15. The standard InChI is InChI=1S/C12H12ClFN2O/c1-8-4-10(16-17-8)7-15-6-9-2-3-11(13)12(14)5-9/h2-5,15H,6-7H2,1H3. The quantitative estimate of drug-likeness (QED) is 0.911. The molecule has 0 unspecified atom stereocenters. The van der Waals surface area contributed by atoms with Gasteiger partial charge in [0.2, 0.25) is 0 Å². The smallest absolute Gasteiger partial charge is 0.142 e. The SMILES string of the molecule is Cc1cc(CNCc2ccc(Cl)c(F)c2)no1. The Bertz CT molecular complexity index is 513. The van der Waals surface area contributed by atoms with Crippen molar-refractivity contribution in [2.24, 2.45) is 0 Å². The van der Waals surface area contributed by atoms with E-state index < -0.39 is 5.82 Å². The molecule has 1 aromatic carbocycles. The van der Waals surface area contributed by atoms with Crippen LogP contribution in [0.3, 0.4) is 0 Å². The summed E-state index contributed by atoms with van der Waals surface area (Å²) in [7, 11) is 0.